The van der Waals surface area contributed by atoms with Gasteiger partial charge in [-0.15, -0.1) is 0 Å². The fourth-order valence-corrected chi connectivity index (χ4v) is 2.13. The lowest BCUT2D eigenvalue weighted by molar-refractivity contribution is -0.121. The predicted octanol–water partition coefficient (Wildman–Crippen LogP) is 2.94. The number of hydrogen-bond acceptors (Lipinski definition) is 4. The Bertz CT molecular complexity index is 661. The first-order valence-corrected chi connectivity index (χ1v) is 7.14. The Morgan fingerprint density at radius 3 is 2.55 bits per heavy atom. The van der Waals surface area contributed by atoms with Gasteiger partial charge in [-0.25, -0.2) is 9.78 Å². The average Bonchev–Trinajstić information content (AvgIpc) is 2.55. The summed E-state index contributed by atoms with van der Waals surface area (Å²) in [6.45, 7) is 1.98. The van der Waals surface area contributed by atoms with Crippen LogP contribution in [0.1, 0.15) is 17.3 Å². The van der Waals surface area contributed by atoms with Gasteiger partial charge in [-0.2, -0.15) is 0 Å². The highest BCUT2D eigenvalue weighted by Gasteiger charge is 2.18. The van der Waals surface area contributed by atoms with E-state index in [4.69, 9.17) is 16.3 Å². The summed E-state index contributed by atoms with van der Waals surface area (Å²) in [5, 5.41) is 0.0513. The van der Waals surface area contributed by atoms with Crippen molar-refractivity contribution in [3.05, 3.63) is 59.4 Å². The van der Waals surface area contributed by atoms with Crippen LogP contribution < -0.4 is 4.90 Å². The molecule has 0 aliphatic rings. The van der Waals surface area contributed by atoms with Gasteiger partial charge in [0.1, 0.15) is 5.15 Å². The summed E-state index contributed by atoms with van der Waals surface area (Å²) < 4.78 is 5.02. The smallest absolute Gasteiger partial charge is 0.341 e. The third-order valence-corrected chi connectivity index (χ3v) is 3.29. The first kappa shape index (κ1) is 16.0. The van der Waals surface area contributed by atoms with Crippen molar-refractivity contribution in [1.82, 2.24) is 4.98 Å². The second-order valence-electron chi connectivity index (χ2n) is 4.39. The molecule has 0 saturated carbocycles. The molecule has 0 fully saturated rings. The second kappa shape index (κ2) is 7.56. The van der Waals surface area contributed by atoms with Crippen molar-refractivity contribution in [3.8, 4) is 0 Å². The molecular weight excluding hydrogens is 304 g/mol. The van der Waals surface area contributed by atoms with Gasteiger partial charge in [0.25, 0.3) is 5.91 Å². The second-order valence-corrected chi connectivity index (χ2v) is 4.75. The van der Waals surface area contributed by atoms with Crippen LogP contribution in [0.2, 0.25) is 5.15 Å². The third-order valence-electron chi connectivity index (χ3n) is 2.99. The van der Waals surface area contributed by atoms with Crippen molar-refractivity contribution in [1.29, 1.82) is 0 Å². The zero-order valence-corrected chi connectivity index (χ0v) is 12.8. The number of likely N-dealkylation sites (N-methyl/N-ethyl adjacent to an activating group) is 1. The Labute approximate surface area is 133 Å². The lowest BCUT2D eigenvalue weighted by Gasteiger charge is -2.20. The van der Waals surface area contributed by atoms with Crippen LogP contribution in [0, 0.1) is 0 Å². The summed E-state index contributed by atoms with van der Waals surface area (Å²) in [7, 11) is 0. The molecule has 2 rings (SSSR count). The average molecular weight is 319 g/mol. The summed E-state index contributed by atoms with van der Waals surface area (Å²) in [6.07, 6.45) is 1.47. The quantitative estimate of drug-likeness (QED) is 0.628. The minimum atomic E-state index is -0.671. The predicted molar refractivity (Wildman–Crippen MR) is 84.0 cm³/mol. The largest absolute Gasteiger partial charge is 0.452 e. The maximum Gasteiger partial charge on any atom is 0.341 e. The van der Waals surface area contributed by atoms with Crippen LogP contribution in [-0.4, -0.2) is 30.0 Å². The summed E-state index contributed by atoms with van der Waals surface area (Å²) in [6, 6.07) is 12.3. The first-order chi connectivity index (χ1) is 10.6. The van der Waals surface area contributed by atoms with Gasteiger partial charge in [0.15, 0.2) is 6.61 Å². The van der Waals surface area contributed by atoms with E-state index in [2.05, 4.69) is 4.98 Å². The molecule has 6 heteroatoms. The number of esters is 1. The van der Waals surface area contributed by atoms with Gasteiger partial charge in [-0.05, 0) is 31.2 Å². The molecule has 0 radical (unpaired) electrons. The monoisotopic (exact) mass is 318 g/mol. The lowest BCUT2D eigenvalue weighted by Crippen LogP contribution is -2.34. The maximum atomic E-state index is 12.2. The van der Waals surface area contributed by atoms with Gasteiger partial charge in [0.05, 0.1) is 5.56 Å². The molecule has 22 heavy (non-hydrogen) atoms. The molecule has 1 heterocycles. The molecule has 0 aliphatic carbocycles. The molecule has 2 aromatic rings. The molecule has 0 bridgehead atoms. The fraction of sp³-hybridized carbons (Fsp3) is 0.188. The summed E-state index contributed by atoms with van der Waals surface area (Å²) in [4.78, 5) is 29.4. The topological polar surface area (TPSA) is 59.5 Å². The maximum absolute atomic E-state index is 12.2. The number of halogens is 1. The Hall–Kier alpha value is -2.40. The number of pyridine rings is 1. The van der Waals surface area contributed by atoms with E-state index in [-0.39, 0.29) is 23.2 Å². The van der Waals surface area contributed by atoms with Crippen molar-refractivity contribution in [2.24, 2.45) is 0 Å². The van der Waals surface area contributed by atoms with Crippen LogP contribution in [0.3, 0.4) is 0 Å². The fourth-order valence-electron chi connectivity index (χ4n) is 1.93. The first-order valence-electron chi connectivity index (χ1n) is 6.76. The van der Waals surface area contributed by atoms with Crippen molar-refractivity contribution >= 4 is 29.2 Å². The zero-order valence-electron chi connectivity index (χ0n) is 12.0. The number of anilines is 1. The van der Waals surface area contributed by atoms with E-state index in [1.807, 2.05) is 37.3 Å². The van der Waals surface area contributed by atoms with Crippen LogP contribution in [-0.2, 0) is 9.53 Å². The van der Waals surface area contributed by atoms with E-state index in [9.17, 15) is 9.59 Å². The van der Waals surface area contributed by atoms with E-state index >= 15 is 0 Å². The molecule has 1 amide bonds. The van der Waals surface area contributed by atoms with Crippen molar-refractivity contribution in [3.63, 3.8) is 0 Å². The highest BCUT2D eigenvalue weighted by Crippen LogP contribution is 2.15. The van der Waals surface area contributed by atoms with Gasteiger partial charge in [-0.1, -0.05) is 29.8 Å². The van der Waals surface area contributed by atoms with Crippen molar-refractivity contribution < 1.29 is 14.3 Å². The molecule has 0 N–H and O–H groups in total. The number of nitrogens with zero attached hydrogens (tertiary/aromatic N) is 2. The third kappa shape index (κ3) is 3.83. The summed E-state index contributed by atoms with van der Waals surface area (Å²) in [5.41, 5.74) is 0.894. The van der Waals surface area contributed by atoms with E-state index in [0.717, 1.165) is 5.69 Å². The van der Waals surface area contributed by atoms with Crippen LogP contribution in [0.25, 0.3) is 0 Å². The molecule has 0 saturated heterocycles. The Kier molecular flexibility index (Phi) is 5.49. The highest BCUT2D eigenvalue weighted by molar-refractivity contribution is 6.32. The number of aromatic nitrogens is 1. The molecule has 1 aromatic heterocycles. The van der Waals surface area contributed by atoms with E-state index in [0.29, 0.717) is 6.54 Å². The number of ether oxygens (including phenoxy) is 1. The minimum Gasteiger partial charge on any atom is -0.452 e. The zero-order chi connectivity index (χ0) is 15.9. The van der Waals surface area contributed by atoms with Gasteiger partial charge in [0, 0.05) is 18.4 Å². The summed E-state index contributed by atoms with van der Waals surface area (Å²) in [5.74, 6) is -0.974. The van der Waals surface area contributed by atoms with Gasteiger partial charge in [-0.3, -0.25) is 4.79 Å². The highest BCUT2D eigenvalue weighted by atomic mass is 35.5. The van der Waals surface area contributed by atoms with Crippen molar-refractivity contribution in [2.75, 3.05) is 18.1 Å². The van der Waals surface area contributed by atoms with Crippen LogP contribution in [0.5, 0.6) is 0 Å². The SMILES string of the molecule is CCN(C(=O)COC(=O)c1cccnc1Cl)c1ccccc1. The Balaban J connectivity index is 2.00. The van der Waals surface area contributed by atoms with Gasteiger partial charge < -0.3 is 9.64 Å². The number of carbonyl (C=O) groups excluding carboxylic acids is 2. The number of benzene rings is 1. The number of para-hydroxylation sites is 1. The minimum absolute atomic E-state index is 0.0513. The normalized spacial score (nSPS) is 10.1. The molecule has 0 aliphatic heterocycles. The standard InChI is InChI=1S/C16H15ClN2O3/c1-2-19(12-7-4-3-5-8-12)14(20)11-22-16(21)13-9-6-10-18-15(13)17/h3-10H,2,11H2,1H3. The molecule has 1 aromatic carbocycles. The lowest BCUT2D eigenvalue weighted by atomic mass is 10.3. The molecule has 0 spiro atoms. The number of amides is 1. The Morgan fingerprint density at radius 1 is 1.18 bits per heavy atom. The Morgan fingerprint density at radius 2 is 1.91 bits per heavy atom. The van der Waals surface area contributed by atoms with Gasteiger partial charge >= 0.3 is 5.97 Å². The van der Waals surface area contributed by atoms with E-state index < -0.39 is 5.97 Å². The molecule has 5 nitrogen and oxygen atoms in total. The molecule has 0 unspecified atom stereocenters. The van der Waals surface area contributed by atoms with Crippen LogP contribution in [0.4, 0.5) is 5.69 Å². The molecule has 114 valence electrons. The van der Waals surface area contributed by atoms with Crippen molar-refractivity contribution in [2.45, 2.75) is 6.92 Å². The number of rotatable bonds is 5. The van der Waals surface area contributed by atoms with Crippen LogP contribution in [0.15, 0.2) is 48.7 Å². The van der Waals surface area contributed by atoms with Gasteiger partial charge in [0.2, 0.25) is 0 Å². The van der Waals surface area contributed by atoms with E-state index in [1.54, 1.807) is 6.07 Å². The number of carbonyl (C=O) groups is 2. The van der Waals surface area contributed by atoms with Crippen LogP contribution >= 0.6 is 11.6 Å². The summed E-state index contributed by atoms with van der Waals surface area (Å²) >= 11 is 5.81. The number of hydrogen-bond donors (Lipinski definition) is 0. The molecular formula is C16H15ClN2O3. The van der Waals surface area contributed by atoms with E-state index in [1.165, 1.54) is 17.2 Å². The molecule has 0 atom stereocenters.